The fraction of sp³-hybridized carbons (Fsp3) is 0.370. The van der Waals surface area contributed by atoms with Crippen molar-refractivity contribution in [1.29, 1.82) is 0 Å². The molecule has 4 aromatic rings. The third-order valence-electron chi connectivity index (χ3n) is 7.37. The summed E-state index contributed by atoms with van der Waals surface area (Å²) in [6.07, 6.45) is -2.83. The van der Waals surface area contributed by atoms with E-state index in [1.807, 2.05) is 0 Å². The fourth-order valence-corrected chi connectivity index (χ4v) is 5.35. The molecule has 10 nitrogen and oxygen atoms in total. The van der Waals surface area contributed by atoms with Gasteiger partial charge in [-0.15, -0.1) is 0 Å². The van der Waals surface area contributed by atoms with Crippen LogP contribution >= 0.6 is 0 Å². The van der Waals surface area contributed by atoms with E-state index >= 15 is 4.39 Å². The predicted molar refractivity (Wildman–Crippen MR) is 143 cm³/mol. The average molecular weight is 573 g/mol. The lowest BCUT2D eigenvalue weighted by Crippen LogP contribution is -2.67. The Kier molecular flexibility index (Phi) is 6.74. The van der Waals surface area contributed by atoms with E-state index < -0.39 is 42.4 Å². The number of fused-ring (bicyclic) bond motifs is 1. The summed E-state index contributed by atoms with van der Waals surface area (Å²) in [5.41, 5.74) is 7.06. The Hall–Kier alpha value is -4.49. The number of carbonyl (C=O) groups is 2. The van der Waals surface area contributed by atoms with E-state index in [1.54, 1.807) is 32.9 Å². The highest BCUT2D eigenvalue weighted by Gasteiger charge is 2.47. The van der Waals surface area contributed by atoms with Crippen LogP contribution in [0.4, 0.5) is 29.1 Å². The minimum atomic E-state index is -4.37. The summed E-state index contributed by atoms with van der Waals surface area (Å²) < 4.78 is 56.9. The summed E-state index contributed by atoms with van der Waals surface area (Å²) in [6, 6.07) is 6.96. The molecule has 0 saturated carbocycles. The van der Waals surface area contributed by atoms with Gasteiger partial charge in [-0.1, -0.05) is 0 Å². The zero-order chi connectivity index (χ0) is 29.9. The van der Waals surface area contributed by atoms with Crippen molar-refractivity contribution >= 4 is 28.8 Å². The van der Waals surface area contributed by atoms with Gasteiger partial charge in [-0.3, -0.25) is 14.3 Å². The van der Waals surface area contributed by atoms with E-state index in [1.165, 1.54) is 56.6 Å². The topological polar surface area (TPSA) is 115 Å². The normalized spacial score (nSPS) is 17.5. The van der Waals surface area contributed by atoms with Crippen molar-refractivity contribution < 1.29 is 27.2 Å². The molecule has 14 heteroatoms. The number of aromatic nitrogens is 5. The van der Waals surface area contributed by atoms with E-state index in [0.717, 1.165) is 0 Å². The number of anilines is 2. The number of benzene rings is 1. The lowest BCUT2D eigenvalue weighted by molar-refractivity contribution is -0.146. The van der Waals surface area contributed by atoms with Crippen LogP contribution < -0.4 is 10.6 Å². The Morgan fingerprint density at radius 2 is 1.88 bits per heavy atom. The van der Waals surface area contributed by atoms with Crippen LogP contribution in [0.5, 0.6) is 0 Å². The minimum Gasteiger partial charge on any atom is -0.382 e. The molecule has 3 aromatic heterocycles. The number of hydrogen-bond donors (Lipinski definition) is 1. The molecule has 4 heterocycles. The molecule has 1 aliphatic heterocycles. The van der Waals surface area contributed by atoms with Crippen molar-refractivity contribution in [1.82, 2.24) is 29.3 Å². The summed E-state index contributed by atoms with van der Waals surface area (Å²) >= 11 is 0. The quantitative estimate of drug-likeness (QED) is 0.357. The highest BCUT2D eigenvalue weighted by Crippen LogP contribution is 2.38. The zero-order valence-corrected chi connectivity index (χ0v) is 22.8. The molecule has 0 radical (unpaired) electrons. The van der Waals surface area contributed by atoms with Gasteiger partial charge >= 0.3 is 6.18 Å². The van der Waals surface area contributed by atoms with Gasteiger partial charge in [-0.2, -0.15) is 23.4 Å². The van der Waals surface area contributed by atoms with Gasteiger partial charge in [-0.05, 0) is 51.1 Å². The second kappa shape index (κ2) is 9.85. The van der Waals surface area contributed by atoms with Gasteiger partial charge < -0.3 is 15.5 Å². The molecule has 1 atom stereocenters. The first-order valence-corrected chi connectivity index (χ1v) is 12.8. The lowest BCUT2D eigenvalue weighted by Gasteiger charge is -2.48. The Bertz CT molecular complexity index is 1660. The third-order valence-corrected chi connectivity index (χ3v) is 7.37. The second-order valence-corrected chi connectivity index (χ2v) is 10.5. The number of nitrogens with two attached hydrogens (primary N) is 1. The third kappa shape index (κ3) is 4.87. The van der Waals surface area contributed by atoms with Gasteiger partial charge in [0.05, 0.1) is 36.1 Å². The maximum absolute atomic E-state index is 15.3. The van der Waals surface area contributed by atoms with Crippen molar-refractivity contribution in [3.05, 3.63) is 48.7 Å². The Labute approximate surface area is 232 Å². The standard InChI is InChI=1S/C27H28F4N8O2/c1-15-13-36(16(2)40)26(3,4)25(41)38(15)22-11-17(5-6-19(22)28)21-12-18(23-24(32)33-14-35-39(21)23)20-7-9-34-37(20)10-8-27(29,30)31/h5-7,9,11-12,14-15H,8,10,13H2,1-4H3,(H2,32,33,35)/t15-/m0/s1. The maximum atomic E-state index is 15.3. The van der Waals surface area contributed by atoms with Gasteiger partial charge in [0.2, 0.25) is 5.91 Å². The van der Waals surface area contributed by atoms with E-state index in [-0.39, 0.29) is 24.0 Å². The molecule has 41 heavy (non-hydrogen) atoms. The number of hydrogen-bond acceptors (Lipinski definition) is 6. The van der Waals surface area contributed by atoms with E-state index in [4.69, 9.17) is 5.73 Å². The number of carbonyl (C=O) groups excluding carboxylic acids is 2. The van der Waals surface area contributed by atoms with E-state index in [0.29, 0.717) is 28.0 Å². The molecule has 0 aliphatic carbocycles. The molecule has 216 valence electrons. The van der Waals surface area contributed by atoms with Crippen LogP contribution in [0.3, 0.4) is 0 Å². The fourth-order valence-electron chi connectivity index (χ4n) is 5.35. The summed E-state index contributed by atoms with van der Waals surface area (Å²) in [6.45, 7) is 6.15. The maximum Gasteiger partial charge on any atom is 0.390 e. The first-order chi connectivity index (χ1) is 19.2. The second-order valence-electron chi connectivity index (χ2n) is 10.5. The summed E-state index contributed by atoms with van der Waals surface area (Å²) in [5.74, 6) is -1.26. The van der Waals surface area contributed by atoms with Crippen LogP contribution in [-0.2, 0) is 16.1 Å². The van der Waals surface area contributed by atoms with Crippen LogP contribution in [0.15, 0.2) is 42.9 Å². The Balaban J connectivity index is 1.63. The van der Waals surface area contributed by atoms with Gasteiger partial charge in [0, 0.05) is 30.8 Å². The molecule has 0 bridgehead atoms. The zero-order valence-electron chi connectivity index (χ0n) is 22.8. The molecule has 1 saturated heterocycles. The average Bonchev–Trinajstić information content (AvgIpc) is 3.51. The monoisotopic (exact) mass is 572 g/mol. The highest BCUT2D eigenvalue weighted by molar-refractivity contribution is 6.04. The first kappa shape index (κ1) is 28.1. The summed E-state index contributed by atoms with van der Waals surface area (Å²) in [7, 11) is 0. The SMILES string of the molecule is CC(=O)N1C[C@H](C)N(c2cc(-c3cc(-c4ccnn4CCC(F)(F)F)c4c(N)ncnn34)ccc2F)C(=O)C1(C)C. The largest absolute Gasteiger partial charge is 0.390 e. The van der Waals surface area contributed by atoms with Crippen LogP contribution in [0, 0.1) is 5.82 Å². The lowest BCUT2D eigenvalue weighted by atomic mass is 9.93. The molecular formula is C27H28F4N8O2. The first-order valence-electron chi connectivity index (χ1n) is 12.8. The molecule has 0 unspecified atom stereocenters. The molecular weight excluding hydrogens is 544 g/mol. The molecule has 5 rings (SSSR count). The smallest absolute Gasteiger partial charge is 0.382 e. The molecule has 2 amide bonds. The molecule has 2 N–H and O–H groups in total. The number of alkyl halides is 3. The number of nitrogens with zero attached hydrogens (tertiary/aromatic N) is 7. The van der Waals surface area contributed by atoms with Crippen molar-refractivity contribution in [3.8, 4) is 22.5 Å². The van der Waals surface area contributed by atoms with Crippen molar-refractivity contribution in [2.24, 2.45) is 0 Å². The van der Waals surface area contributed by atoms with E-state index in [9.17, 15) is 22.8 Å². The number of nitrogen functional groups attached to an aromatic ring is 1. The van der Waals surface area contributed by atoms with Gasteiger partial charge in [0.25, 0.3) is 5.91 Å². The van der Waals surface area contributed by atoms with Crippen molar-refractivity contribution in [2.45, 2.75) is 58.4 Å². The molecule has 1 aromatic carbocycles. The molecule has 1 fully saturated rings. The van der Waals surface area contributed by atoms with Crippen LogP contribution in [0.1, 0.15) is 34.1 Å². The summed E-state index contributed by atoms with van der Waals surface area (Å²) in [5, 5.41) is 8.36. The number of piperazine rings is 1. The minimum absolute atomic E-state index is 0.0185. The van der Waals surface area contributed by atoms with Crippen LogP contribution in [-0.4, -0.2) is 65.4 Å². The number of halogens is 4. The van der Waals surface area contributed by atoms with Crippen molar-refractivity contribution in [2.75, 3.05) is 17.2 Å². The Morgan fingerprint density at radius 3 is 2.56 bits per heavy atom. The van der Waals surface area contributed by atoms with Gasteiger partial charge in [-0.25, -0.2) is 13.9 Å². The van der Waals surface area contributed by atoms with Gasteiger partial charge in [0.15, 0.2) is 5.82 Å². The van der Waals surface area contributed by atoms with Gasteiger partial charge in [0.1, 0.15) is 23.2 Å². The molecule has 0 spiro atoms. The highest BCUT2D eigenvalue weighted by atomic mass is 19.4. The Morgan fingerprint density at radius 1 is 1.15 bits per heavy atom. The number of rotatable bonds is 5. The van der Waals surface area contributed by atoms with Crippen LogP contribution in [0.25, 0.3) is 28.0 Å². The number of aryl methyl sites for hydroxylation is 1. The molecule has 1 aliphatic rings. The summed E-state index contributed by atoms with van der Waals surface area (Å²) in [4.78, 5) is 32.7. The van der Waals surface area contributed by atoms with Crippen molar-refractivity contribution in [3.63, 3.8) is 0 Å². The van der Waals surface area contributed by atoms with Crippen LogP contribution in [0.2, 0.25) is 0 Å². The number of amides is 2. The predicted octanol–water partition coefficient (Wildman–Crippen LogP) is 4.30. The van der Waals surface area contributed by atoms with E-state index in [2.05, 4.69) is 15.2 Å².